The van der Waals surface area contributed by atoms with Crippen LogP contribution in [-0.4, -0.2) is 22.0 Å². The van der Waals surface area contributed by atoms with Gasteiger partial charge in [0.2, 0.25) is 5.91 Å². The second-order valence-corrected chi connectivity index (χ2v) is 6.55. The van der Waals surface area contributed by atoms with E-state index < -0.39 is 0 Å². The number of halogens is 1. The molecule has 3 aromatic rings. The van der Waals surface area contributed by atoms with E-state index >= 15 is 0 Å². The van der Waals surface area contributed by atoms with Crippen LogP contribution in [0.25, 0.3) is 11.0 Å². The average Bonchev–Trinajstić information content (AvgIpc) is 3.04. The van der Waals surface area contributed by atoms with Gasteiger partial charge in [-0.15, -0.1) is 0 Å². The van der Waals surface area contributed by atoms with Crippen LogP contribution in [0.5, 0.6) is 0 Å². The topological polar surface area (TPSA) is 46.9 Å². The molecule has 0 aliphatic carbocycles. The van der Waals surface area contributed by atoms with Gasteiger partial charge in [0.05, 0.1) is 17.4 Å². The van der Waals surface area contributed by atoms with Crippen molar-refractivity contribution in [2.75, 3.05) is 6.54 Å². The van der Waals surface area contributed by atoms with Gasteiger partial charge in [-0.2, -0.15) is 0 Å². The maximum atomic E-state index is 11.9. The Labute approximate surface area is 152 Å². The van der Waals surface area contributed by atoms with Gasteiger partial charge >= 0.3 is 0 Å². The molecule has 0 saturated carbocycles. The fourth-order valence-electron chi connectivity index (χ4n) is 2.86. The molecule has 130 valence electrons. The van der Waals surface area contributed by atoms with E-state index in [0.29, 0.717) is 13.0 Å². The Morgan fingerprint density at radius 1 is 1.08 bits per heavy atom. The van der Waals surface area contributed by atoms with Crippen molar-refractivity contribution in [3.8, 4) is 0 Å². The molecule has 0 atom stereocenters. The minimum atomic E-state index is 0.115. The number of hydrogen-bond acceptors (Lipinski definition) is 2. The van der Waals surface area contributed by atoms with E-state index in [1.54, 1.807) is 0 Å². The molecule has 0 spiro atoms. The molecule has 1 heterocycles. The Morgan fingerprint density at radius 2 is 1.88 bits per heavy atom. The molecule has 5 heteroatoms. The van der Waals surface area contributed by atoms with Crippen molar-refractivity contribution in [2.45, 2.75) is 32.2 Å². The van der Waals surface area contributed by atoms with E-state index in [9.17, 15) is 4.79 Å². The summed E-state index contributed by atoms with van der Waals surface area (Å²) in [6.45, 7) is 1.54. The Hall–Kier alpha value is -2.33. The summed E-state index contributed by atoms with van der Waals surface area (Å²) < 4.78 is 2.13. The smallest absolute Gasteiger partial charge is 0.220 e. The monoisotopic (exact) mass is 355 g/mol. The molecule has 0 bridgehead atoms. The highest BCUT2D eigenvalue weighted by molar-refractivity contribution is 6.30. The quantitative estimate of drug-likeness (QED) is 0.615. The Kier molecular flexibility index (Phi) is 6.07. The maximum absolute atomic E-state index is 11.9. The van der Waals surface area contributed by atoms with Crippen LogP contribution in [0, 0.1) is 0 Å². The number of carbonyl (C=O) groups is 1. The highest BCUT2D eigenvalue weighted by Crippen LogP contribution is 2.12. The van der Waals surface area contributed by atoms with Crippen LogP contribution < -0.4 is 5.32 Å². The highest BCUT2D eigenvalue weighted by Gasteiger charge is 2.03. The zero-order chi connectivity index (χ0) is 17.5. The zero-order valence-electron chi connectivity index (χ0n) is 14.1. The highest BCUT2D eigenvalue weighted by atomic mass is 35.5. The summed E-state index contributed by atoms with van der Waals surface area (Å²) in [5, 5.41) is 3.74. The van der Waals surface area contributed by atoms with Gasteiger partial charge in [-0.05, 0) is 49.1 Å². The van der Waals surface area contributed by atoms with Gasteiger partial charge < -0.3 is 9.88 Å². The lowest BCUT2D eigenvalue weighted by atomic mass is 10.1. The second-order valence-electron chi connectivity index (χ2n) is 6.11. The molecule has 0 saturated heterocycles. The fraction of sp³-hybridized carbons (Fsp3) is 0.300. The van der Waals surface area contributed by atoms with Crippen molar-refractivity contribution in [1.29, 1.82) is 0 Å². The molecule has 0 unspecified atom stereocenters. The van der Waals surface area contributed by atoms with E-state index in [1.807, 2.05) is 48.8 Å². The molecule has 0 aliphatic heterocycles. The molecule has 0 fully saturated rings. The largest absolute Gasteiger partial charge is 0.356 e. The van der Waals surface area contributed by atoms with Gasteiger partial charge in [-0.3, -0.25) is 4.79 Å². The number of amides is 1. The minimum Gasteiger partial charge on any atom is -0.356 e. The molecule has 1 amide bonds. The molecule has 0 radical (unpaired) electrons. The van der Waals surface area contributed by atoms with Crippen molar-refractivity contribution in [3.63, 3.8) is 0 Å². The first kappa shape index (κ1) is 17.5. The normalized spacial score (nSPS) is 10.9. The molecule has 4 nitrogen and oxygen atoms in total. The summed E-state index contributed by atoms with van der Waals surface area (Å²) in [6, 6.07) is 15.9. The lowest BCUT2D eigenvalue weighted by Gasteiger charge is -2.07. The lowest BCUT2D eigenvalue weighted by molar-refractivity contribution is -0.121. The molecule has 1 aromatic heterocycles. The molecule has 3 rings (SSSR count). The number of aryl methyl sites for hydroxylation is 2. The summed E-state index contributed by atoms with van der Waals surface area (Å²) in [5.41, 5.74) is 3.36. The number of aromatic nitrogens is 2. The molecule has 1 N–H and O–H groups in total. The van der Waals surface area contributed by atoms with Crippen molar-refractivity contribution < 1.29 is 4.79 Å². The van der Waals surface area contributed by atoms with E-state index in [1.165, 1.54) is 5.56 Å². The summed E-state index contributed by atoms with van der Waals surface area (Å²) >= 11 is 5.87. The third-order valence-electron chi connectivity index (χ3n) is 4.21. The first-order valence-electron chi connectivity index (χ1n) is 8.63. The van der Waals surface area contributed by atoms with Gasteiger partial charge in [0.25, 0.3) is 0 Å². The number of fused-ring (bicyclic) bond motifs is 1. The first-order valence-corrected chi connectivity index (χ1v) is 9.01. The van der Waals surface area contributed by atoms with Crippen molar-refractivity contribution in [1.82, 2.24) is 14.9 Å². The Balaban J connectivity index is 1.33. The number of benzene rings is 2. The summed E-state index contributed by atoms with van der Waals surface area (Å²) in [6.07, 6.45) is 5.05. The van der Waals surface area contributed by atoms with Gasteiger partial charge in [-0.25, -0.2) is 4.98 Å². The van der Waals surface area contributed by atoms with Crippen LogP contribution in [0.4, 0.5) is 0 Å². The predicted octanol–water partition coefficient (Wildman–Crippen LogP) is 4.22. The van der Waals surface area contributed by atoms with E-state index in [2.05, 4.69) is 20.9 Å². The number of rotatable bonds is 8. The second kappa shape index (κ2) is 8.67. The standard InChI is InChI=1S/C20H22ClN3O/c21-17-11-9-16(10-12-17)5-3-8-20(25)22-13-4-14-24-15-23-18-6-1-2-7-19(18)24/h1-2,6-7,9-12,15H,3-5,8,13-14H2,(H,22,25). The van der Waals surface area contributed by atoms with Gasteiger partial charge in [0, 0.05) is 24.5 Å². The first-order chi connectivity index (χ1) is 12.2. The zero-order valence-corrected chi connectivity index (χ0v) is 14.9. The van der Waals surface area contributed by atoms with E-state index in [0.717, 1.165) is 41.9 Å². The molecule has 0 aliphatic rings. The van der Waals surface area contributed by atoms with Crippen LogP contribution in [0.1, 0.15) is 24.8 Å². The minimum absolute atomic E-state index is 0.115. The van der Waals surface area contributed by atoms with Crippen LogP contribution in [0.3, 0.4) is 0 Å². The number of nitrogens with zero attached hydrogens (tertiary/aromatic N) is 2. The molecule has 2 aromatic carbocycles. The van der Waals surface area contributed by atoms with Crippen LogP contribution in [0.15, 0.2) is 54.9 Å². The van der Waals surface area contributed by atoms with E-state index in [4.69, 9.17) is 11.6 Å². The van der Waals surface area contributed by atoms with Crippen molar-refractivity contribution >= 4 is 28.5 Å². The lowest BCUT2D eigenvalue weighted by Crippen LogP contribution is -2.25. The predicted molar refractivity (Wildman–Crippen MR) is 102 cm³/mol. The van der Waals surface area contributed by atoms with Crippen molar-refractivity contribution in [2.24, 2.45) is 0 Å². The third-order valence-corrected chi connectivity index (χ3v) is 4.46. The molecular formula is C20H22ClN3O. The summed E-state index contributed by atoms with van der Waals surface area (Å²) in [7, 11) is 0. The fourth-order valence-corrected chi connectivity index (χ4v) is 2.98. The summed E-state index contributed by atoms with van der Waals surface area (Å²) in [5.74, 6) is 0.115. The number of imidazole rings is 1. The van der Waals surface area contributed by atoms with Crippen LogP contribution in [-0.2, 0) is 17.8 Å². The van der Waals surface area contributed by atoms with Gasteiger partial charge in [-0.1, -0.05) is 35.9 Å². The molecular weight excluding hydrogens is 334 g/mol. The van der Waals surface area contributed by atoms with Gasteiger partial charge in [0.15, 0.2) is 0 Å². The number of para-hydroxylation sites is 2. The Morgan fingerprint density at radius 3 is 2.72 bits per heavy atom. The van der Waals surface area contributed by atoms with E-state index in [-0.39, 0.29) is 5.91 Å². The number of nitrogens with one attached hydrogen (secondary N) is 1. The third kappa shape index (κ3) is 5.07. The van der Waals surface area contributed by atoms with Gasteiger partial charge in [0.1, 0.15) is 0 Å². The van der Waals surface area contributed by atoms with Crippen LogP contribution in [0.2, 0.25) is 5.02 Å². The maximum Gasteiger partial charge on any atom is 0.220 e. The number of carbonyl (C=O) groups excluding carboxylic acids is 1. The van der Waals surface area contributed by atoms with Crippen LogP contribution >= 0.6 is 11.6 Å². The Bertz CT molecular complexity index is 826. The summed E-state index contributed by atoms with van der Waals surface area (Å²) in [4.78, 5) is 16.3. The number of hydrogen-bond donors (Lipinski definition) is 1. The SMILES string of the molecule is O=C(CCCc1ccc(Cl)cc1)NCCCn1cnc2ccccc21. The molecule has 25 heavy (non-hydrogen) atoms. The van der Waals surface area contributed by atoms with Crippen molar-refractivity contribution in [3.05, 3.63) is 65.4 Å². The average molecular weight is 356 g/mol.